The summed E-state index contributed by atoms with van der Waals surface area (Å²) in [5, 5.41) is 6.68. The summed E-state index contributed by atoms with van der Waals surface area (Å²) in [7, 11) is 0. The van der Waals surface area contributed by atoms with E-state index in [0.717, 1.165) is 42.5 Å². The van der Waals surface area contributed by atoms with Crippen LogP contribution in [0, 0.1) is 6.92 Å². The van der Waals surface area contributed by atoms with Gasteiger partial charge in [-0.25, -0.2) is 4.99 Å². The molecule has 1 aromatic carbocycles. The highest BCUT2D eigenvalue weighted by atomic mass is 127. The molecule has 1 aliphatic heterocycles. The number of fused-ring (bicyclic) bond motifs is 1. The number of thiophene rings is 1. The van der Waals surface area contributed by atoms with Crippen LogP contribution in [0.2, 0.25) is 0 Å². The van der Waals surface area contributed by atoms with Crippen molar-refractivity contribution in [3.63, 3.8) is 0 Å². The standard InChI is InChI=1S/C19H25N3O2S.HI/c1-3-20-19(22-13-16-7-5-14(2)25-16)21-12-15-6-8-17-18(11-15)24-10-4-9-23-17;/h5-8,11H,3-4,9-10,12-13H2,1-2H3,(H2,20,21,22);1H. The van der Waals surface area contributed by atoms with Crippen molar-refractivity contribution in [1.82, 2.24) is 10.6 Å². The van der Waals surface area contributed by atoms with E-state index in [4.69, 9.17) is 9.47 Å². The van der Waals surface area contributed by atoms with Gasteiger partial charge < -0.3 is 20.1 Å². The number of hydrogen-bond acceptors (Lipinski definition) is 4. The second-order valence-electron chi connectivity index (χ2n) is 5.89. The van der Waals surface area contributed by atoms with E-state index in [9.17, 15) is 0 Å². The summed E-state index contributed by atoms with van der Waals surface area (Å²) in [5.74, 6) is 2.46. The van der Waals surface area contributed by atoms with Crippen molar-refractivity contribution in [1.29, 1.82) is 0 Å². The molecular weight excluding hydrogens is 461 g/mol. The van der Waals surface area contributed by atoms with Crippen LogP contribution < -0.4 is 20.1 Å². The van der Waals surface area contributed by atoms with Crippen molar-refractivity contribution in [2.45, 2.75) is 33.4 Å². The third kappa shape index (κ3) is 6.05. The lowest BCUT2D eigenvalue weighted by Crippen LogP contribution is -2.36. The highest BCUT2D eigenvalue weighted by molar-refractivity contribution is 14.0. The van der Waals surface area contributed by atoms with Crippen molar-refractivity contribution in [2.75, 3.05) is 19.8 Å². The number of benzene rings is 1. The maximum absolute atomic E-state index is 5.75. The molecular formula is C19H26IN3O2S. The second kappa shape index (κ2) is 10.6. The Hall–Kier alpha value is -1.48. The van der Waals surface area contributed by atoms with Crippen LogP contribution in [-0.2, 0) is 13.1 Å². The van der Waals surface area contributed by atoms with Gasteiger partial charge in [-0.1, -0.05) is 6.07 Å². The van der Waals surface area contributed by atoms with Crippen LogP contribution in [0.15, 0.2) is 35.3 Å². The van der Waals surface area contributed by atoms with E-state index in [1.54, 1.807) is 11.3 Å². The minimum Gasteiger partial charge on any atom is -0.490 e. The van der Waals surface area contributed by atoms with Gasteiger partial charge in [0.1, 0.15) is 0 Å². The third-order valence-electron chi connectivity index (χ3n) is 3.80. The number of aliphatic imine (C=N–C) groups is 1. The molecule has 142 valence electrons. The summed E-state index contributed by atoms with van der Waals surface area (Å²) < 4.78 is 11.4. The van der Waals surface area contributed by atoms with Crippen LogP contribution >= 0.6 is 35.3 Å². The van der Waals surface area contributed by atoms with Gasteiger partial charge in [-0.05, 0) is 43.7 Å². The summed E-state index contributed by atoms with van der Waals surface area (Å²) in [6.07, 6.45) is 0.916. The lowest BCUT2D eigenvalue weighted by Gasteiger charge is -2.11. The quantitative estimate of drug-likeness (QED) is 0.379. The van der Waals surface area contributed by atoms with Gasteiger partial charge in [0.25, 0.3) is 0 Å². The van der Waals surface area contributed by atoms with Crippen molar-refractivity contribution < 1.29 is 9.47 Å². The van der Waals surface area contributed by atoms with E-state index >= 15 is 0 Å². The fourth-order valence-electron chi connectivity index (χ4n) is 2.57. The minimum absolute atomic E-state index is 0. The minimum atomic E-state index is 0. The molecule has 2 N–H and O–H groups in total. The smallest absolute Gasteiger partial charge is 0.191 e. The monoisotopic (exact) mass is 487 g/mol. The molecule has 0 atom stereocenters. The van der Waals surface area contributed by atoms with Crippen molar-refractivity contribution in [3.05, 3.63) is 45.6 Å². The van der Waals surface area contributed by atoms with Gasteiger partial charge in [0.2, 0.25) is 0 Å². The largest absolute Gasteiger partial charge is 0.490 e. The molecule has 7 heteroatoms. The maximum atomic E-state index is 5.75. The zero-order valence-corrected chi connectivity index (χ0v) is 18.4. The average Bonchev–Trinajstić information content (AvgIpc) is 2.89. The Kier molecular flexibility index (Phi) is 8.50. The zero-order chi connectivity index (χ0) is 17.5. The highest BCUT2D eigenvalue weighted by Gasteiger charge is 2.10. The molecule has 0 unspecified atom stereocenters. The molecule has 0 spiro atoms. The molecule has 0 fully saturated rings. The van der Waals surface area contributed by atoms with E-state index in [0.29, 0.717) is 19.8 Å². The average molecular weight is 487 g/mol. The Labute approximate surface area is 176 Å². The van der Waals surface area contributed by atoms with E-state index in [1.165, 1.54) is 9.75 Å². The molecule has 0 bridgehead atoms. The van der Waals surface area contributed by atoms with Gasteiger partial charge in [0.05, 0.1) is 26.3 Å². The lowest BCUT2D eigenvalue weighted by atomic mass is 10.2. The topological polar surface area (TPSA) is 54.9 Å². The normalized spacial score (nSPS) is 13.5. The first-order valence-electron chi connectivity index (χ1n) is 8.70. The number of aryl methyl sites for hydroxylation is 1. The van der Waals surface area contributed by atoms with E-state index in [2.05, 4.69) is 41.6 Å². The van der Waals surface area contributed by atoms with Gasteiger partial charge >= 0.3 is 0 Å². The molecule has 2 aromatic rings. The Bertz CT molecular complexity index is 733. The number of nitrogens with one attached hydrogen (secondary N) is 2. The molecule has 0 saturated carbocycles. The first kappa shape index (κ1) is 20.8. The predicted octanol–water partition coefficient (Wildman–Crippen LogP) is 4.09. The lowest BCUT2D eigenvalue weighted by molar-refractivity contribution is 0.297. The van der Waals surface area contributed by atoms with Gasteiger partial charge in [0, 0.05) is 22.7 Å². The number of ether oxygens (including phenoxy) is 2. The Morgan fingerprint density at radius 3 is 2.65 bits per heavy atom. The Morgan fingerprint density at radius 1 is 1.12 bits per heavy atom. The highest BCUT2D eigenvalue weighted by Crippen LogP contribution is 2.30. The van der Waals surface area contributed by atoms with Crippen molar-refractivity contribution >= 4 is 41.3 Å². The van der Waals surface area contributed by atoms with Crippen LogP contribution in [0.5, 0.6) is 11.5 Å². The van der Waals surface area contributed by atoms with Crippen LogP contribution in [-0.4, -0.2) is 25.7 Å². The zero-order valence-electron chi connectivity index (χ0n) is 15.2. The van der Waals surface area contributed by atoms with E-state index < -0.39 is 0 Å². The summed E-state index contributed by atoms with van der Waals surface area (Å²) in [6.45, 7) is 7.81. The second-order valence-corrected chi connectivity index (χ2v) is 7.27. The summed E-state index contributed by atoms with van der Waals surface area (Å²) in [4.78, 5) is 7.31. The summed E-state index contributed by atoms with van der Waals surface area (Å²) >= 11 is 1.80. The third-order valence-corrected chi connectivity index (χ3v) is 4.80. The molecule has 0 aliphatic carbocycles. The number of guanidine groups is 1. The molecule has 3 rings (SSSR count). The molecule has 0 amide bonds. The molecule has 0 saturated heterocycles. The molecule has 1 aliphatic rings. The van der Waals surface area contributed by atoms with Crippen LogP contribution in [0.25, 0.3) is 0 Å². The van der Waals surface area contributed by atoms with Crippen molar-refractivity contribution in [3.8, 4) is 11.5 Å². The number of hydrogen-bond donors (Lipinski definition) is 2. The predicted molar refractivity (Wildman–Crippen MR) is 118 cm³/mol. The van der Waals surface area contributed by atoms with Gasteiger partial charge in [-0.2, -0.15) is 0 Å². The van der Waals surface area contributed by atoms with Crippen LogP contribution in [0.3, 0.4) is 0 Å². The first-order valence-corrected chi connectivity index (χ1v) is 9.52. The molecule has 1 aromatic heterocycles. The van der Waals surface area contributed by atoms with Gasteiger partial charge in [0.15, 0.2) is 17.5 Å². The van der Waals surface area contributed by atoms with Crippen molar-refractivity contribution in [2.24, 2.45) is 4.99 Å². The van der Waals surface area contributed by atoms with Crippen LogP contribution in [0.1, 0.15) is 28.7 Å². The summed E-state index contributed by atoms with van der Waals surface area (Å²) in [5.41, 5.74) is 1.11. The van der Waals surface area contributed by atoms with Crippen LogP contribution in [0.4, 0.5) is 0 Å². The molecule has 0 radical (unpaired) electrons. The number of halogens is 1. The first-order chi connectivity index (χ1) is 12.2. The fourth-order valence-corrected chi connectivity index (χ4v) is 3.40. The fraction of sp³-hybridized carbons (Fsp3) is 0.421. The molecule has 2 heterocycles. The molecule has 5 nitrogen and oxygen atoms in total. The SMILES string of the molecule is CCNC(=NCc1ccc2c(c1)OCCCO2)NCc1ccc(C)s1.I. The Morgan fingerprint density at radius 2 is 1.92 bits per heavy atom. The number of rotatable bonds is 5. The summed E-state index contributed by atoms with van der Waals surface area (Å²) in [6, 6.07) is 10.3. The maximum Gasteiger partial charge on any atom is 0.191 e. The number of nitrogens with zero attached hydrogens (tertiary/aromatic N) is 1. The van der Waals surface area contributed by atoms with E-state index in [1.807, 2.05) is 18.2 Å². The Balaban J connectivity index is 0.00000243. The van der Waals surface area contributed by atoms with Gasteiger partial charge in [-0.15, -0.1) is 35.3 Å². The molecule has 26 heavy (non-hydrogen) atoms. The van der Waals surface area contributed by atoms with Gasteiger partial charge in [-0.3, -0.25) is 0 Å². The van der Waals surface area contributed by atoms with E-state index in [-0.39, 0.29) is 24.0 Å².